The number of hydrogen-bond acceptors (Lipinski definition) is 4. The van der Waals surface area contributed by atoms with Gasteiger partial charge < -0.3 is 9.84 Å². The van der Waals surface area contributed by atoms with E-state index in [2.05, 4.69) is 4.74 Å². The zero-order valence-electron chi connectivity index (χ0n) is 8.66. The first-order valence-corrected chi connectivity index (χ1v) is 5.84. The van der Waals surface area contributed by atoms with Gasteiger partial charge in [-0.05, 0) is 37.8 Å². The SMILES string of the molecule is COC(=O)c1ccc(CCC2(O)CC2)s1. The monoisotopic (exact) mass is 226 g/mol. The summed E-state index contributed by atoms with van der Waals surface area (Å²) in [5, 5.41) is 9.67. The number of hydrogen-bond donors (Lipinski definition) is 1. The Morgan fingerprint density at radius 2 is 2.33 bits per heavy atom. The topological polar surface area (TPSA) is 46.5 Å². The minimum absolute atomic E-state index is 0.281. The highest BCUT2D eigenvalue weighted by atomic mass is 32.1. The van der Waals surface area contributed by atoms with Gasteiger partial charge in [0.05, 0.1) is 12.7 Å². The predicted molar refractivity (Wildman–Crippen MR) is 58.2 cm³/mol. The van der Waals surface area contributed by atoms with E-state index in [1.165, 1.54) is 18.4 Å². The number of carbonyl (C=O) groups excluding carboxylic acids is 1. The molecule has 82 valence electrons. The van der Waals surface area contributed by atoms with Crippen LogP contribution < -0.4 is 0 Å². The highest BCUT2D eigenvalue weighted by Crippen LogP contribution is 2.39. The quantitative estimate of drug-likeness (QED) is 0.799. The molecule has 4 heteroatoms. The van der Waals surface area contributed by atoms with Gasteiger partial charge in [-0.3, -0.25) is 0 Å². The number of rotatable bonds is 4. The Hall–Kier alpha value is -0.870. The predicted octanol–water partition coefficient (Wildman–Crippen LogP) is 1.99. The Labute approximate surface area is 92.7 Å². The molecule has 0 radical (unpaired) electrons. The van der Waals surface area contributed by atoms with E-state index in [4.69, 9.17) is 0 Å². The molecule has 1 heterocycles. The summed E-state index contributed by atoms with van der Waals surface area (Å²) >= 11 is 1.45. The van der Waals surface area contributed by atoms with E-state index < -0.39 is 5.60 Å². The summed E-state index contributed by atoms with van der Waals surface area (Å²) in [4.78, 5) is 12.9. The Balaban J connectivity index is 1.92. The molecule has 0 atom stereocenters. The standard InChI is InChI=1S/C11H14O3S/c1-14-10(12)9-3-2-8(15-9)4-5-11(13)6-7-11/h2-3,13H,4-7H2,1H3. The van der Waals surface area contributed by atoms with Gasteiger partial charge in [0.25, 0.3) is 0 Å². The van der Waals surface area contributed by atoms with Crippen LogP contribution in [0.3, 0.4) is 0 Å². The van der Waals surface area contributed by atoms with Gasteiger partial charge in [0, 0.05) is 4.88 Å². The molecular weight excluding hydrogens is 212 g/mol. The highest BCUT2D eigenvalue weighted by molar-refractivity contribution is 7.13. The van der Waals surface area contributed by atoms with Crippen LogP contribution in [0.1, 0.15) is 33.8 Å². The summed E-state index contributed by atoms with van der Waals surface area (Å²) in [5.74, 6) is -0.281. The van der Waals surface area contributed by atoms with Gasteiger partial charge in [-0.1, -0.05) is 0 Å². The fourth-order valence-corrected chi connectivity index (χ4v) is 2.40. The van der Waals surface area contributed by atoms with Crippen molar-refractivity contribution in [3.05, 3.63) is 21.9 Å². The first-order chi connectivity index (χ1) is 7.13. The van der Waals surface area contributed by atoms with Crippen LogP contribution in [0.5, 0.6) is 0 Å². The van der Waals surface area contributed by atoms with Crippen molar-refractivity contribution in [3.63, 3.8) is 0 Å². The summed E-state index contributed by atoms with van der Waals surface area (Å²) in [7, 11) is 1.38. The largest absolute Gasteiger partial charge is 0.465 e. The number of esters is 1. The lowest BCUT2D eigenvalue weighted by Gasteiger charge is -2.04. The fraction of sp³-hybridized carbons (Fsp3) is 0.545. The van der Waals surface area contributed by atoms with E-state index in [0.717, 1.165) is 30.6 Å². The lowest BCUT2D eigenvalue weighted by molar-refractivity contribution is 0.0606. The third kappa shape index (κ3) is 2.58. The van der Waals surface area contributed by atoms with Crippen LogP contribution in [0.25, 0.3) is 0 Å². The molecule has 0 saturated heterocycles. The molecule has 1 aromatic rings. The second kappa shape index (κ2) is 3.94. The van der Waals surface area contributed by atoms with Crippen molar-refractivity contribution in [1.29, 1.82) is 0 Å². The maximum atomic E-state index is 11.2. The molecule has 0 spiro atoms. The van der Waals surface area contributed by atoms with Crippen molar-refractivity contribution in [1.82, 2.24) is 0 Å². The van der Waals surface area contributed by atoms with E-state index in [0.29, 0.717) is 4.88 Å². The second-order valence-corrected chi connectivity index (χ2v) is 5.15. The maximum Gasteiger partial charge on any atom is 0.348 e. The zero-order chi connectivity index (χ0) is 10.9. The Morgan fingerprint density at radius 3 is 2.93 bits per heavy atom. The molecule has 0 unspecified atom stereocenters. The third-order valence-corrected chi connectivity index (χ3v) is 3.84. The number of ether oxygens (including phenoxy) is 1. The smallest absolute Gasteiger partial charge is 0.348 e. The molecule has 0 bridgehead atoms. The molecule has 1 aromatic heterocycles. The molecule has 1 aliphatic carbocycles. The van der Waals surface area contributed by atoms with Crippen LogP contribution >= 0.6 is 11.3 Å². The van der Waals surface area contributed by atoms with E-state index in [1.807, 2.05) is 6.07 Å². The van der Waals surface area contributed by atoms with Crippen LogP contribution in [-0.4, -0.2) is 23.8 Å². The molecule has 1 fully saturated rings. The molecule has 3 nitrogen and oxygen atoms in total. The van der Waals surface area contributed by atoms with Gasteiger partial charge in [0.1, 0.15) is 4.88 Å². The van der Waals surface area contributed by atoms with Crippen LogP contribution in [0.4, 0.5) is 0 Å². The first kappa shape index (κ1) is 10.6. The molecule has 0 aromatic carbocycles. The van der Waals surface area contributed by atoms with Gasteiger partial charge in [0.2, 0.25) is 0 Å². The van der Waals surface area contributed by atoms with Crippen LogP contribution in [-0.2, 0) is 11.2 Å². The summed E-state index contributed by atoms with van der Waals surface area (Å²) in [6, 6.07) is 3.71. The summed E-state index contributed by atoms with van der Waals surface area (Å²) < 4.78 is 4.63. The lowest BCUT2D eigenvalue weighted by Crippen LogP contribution is -2.06. The van der Waals surface area contributed by atoms with E-state index in [-0.39, 0.29) is 5.97 Å². The lowest BCUT2D eigenvalue weighted by atomic mass is 10.1. The Morgan fingerprint density at radius 1 is 1.60 bits per heavy atom. The van der Waals surface area contributed by atoms with Crippen LogP contribution in [0.15, 0.2) is 12.1 Å². The fourth-order valence-electron chi connectivity index (χ4n) is 1.47. The summed E-state index contributed by atoms with van der Waals surface area (Å²) in [5.41, 5.74) is -0.407. The molecule has 0 amide bonds. The average Bonchev–Trinajstić information content (AvgIpc) is 2.81. The average molecular weight is 226 g/mol. The molecule has 2 rings (SSSR count). The van der Waals surface area contributed by atoms with Crippen molar-refractivity contribution < 1.29 is 14.6 Å². The van der Waals surface area contributed by atoms with Gasteiger partial charge in [-0.2, -0.15) is 0 Å². The number of aryl methyl sites for hydroxylation is 1. The Bertz CT molecular complexity index is 366. The molecule has 0 aliphatic heterocycles. The molecule has 1 N–H and O–H groups in total. The summed E-state index contributed by atoms with van der Waals surface area (Å²) in [6.45, 7) is 0. The van der Waals surface area contributed by atoms with Crippen molar-refractivity contribution in [2.24, 2.45) is 0 Å². The van der Waals surface area contributed by atoms with Crippen LogP contribution in [0.2, 0.25) is 0 Å². The van der Waals surface area contributed by atoms with Crippen molar-refractivity contribution in [2.75, 3.05) is 7.11 Å². The van der Waals surface area contributed by atoms with Gasteiger partial charge in [-0.15, -0.1) is 11.3 Å². The molecular formula is C11H14O3S. The molecule has 1 saturated carbocycles. The van der Waals surface area contributed by atoms with Crippen molar-refractivity contribution >= 4 is 17.3 Å². The van der Waals surface area contributed by atoms with Crippen molar-refractivity contribution in [3.8, 4) is 0 Å². The van der Waals surface area contributed by atoms with Crippen LogP contribution in [0, 0.1) is 0 Å². The van der Waals surface area contributed by atoms with E-state index in [9.17, 15) is 9.90 Å². The first-order valence-electron chi connectivity index (χ1n) is 5.02. The third-order valence-electron chi connectivity index (χ3n) is 2.71. The number of carbonyl (C=O) groups is 1. The highest BCUT2D eigenvalue weighted by Gasteiger charge is 2.39. The zero-order valence-corrected chi connectivity index (χ0v) is 9.47. The summed E-state index contributed by atoms with van der Waals surface area (Å²) in [6.07, 6.45) is 3.48. The van der Waals surface area contributed by atoms with Gasteiger partial charge in [-0.25, -0.2) is 4.79 Å². The Kier molecular flexibility index (Phi) is 2.80. The van der Waals surface area contributed by atoms with Crippen molar-refractivity contribution in [2.45, 2.75) is 31.3 Å². The normalized spacial score (nSPS) is 17.5. The minimum atomic E-state index is -0.407. The molecule has 1 aliphatic rings. The number of aliphatic hydroxyl groups is 1. The van der Waals surface area contributed by atoms with E-state index >= 15 is 0 Å². The van der Waals surface area contributed by atoms with E-state index in [1.54, 1.807) is 6.07 Å². The second-order valence-electron chi connectivity index (χ2n) is 3.98. The maximum absolute atomic E-state index is 11.2. The van der Waals surface area contributed by atoms with Gasteiger partial charge in [0.15, 0.2) is 0 Å². The minimum Gasteiger partial charge on any atom is -0.465 e. The number of thiophene rings is 1. The van der Waals surface area contributed by atoms with Gasteiger partial charge >= 0.3 is 5.97 Å². The molecule has 15 heavy (non-hydrogen) atoms. The number of methoxy groups -OCH3 is 1.